The van der Waals surface area contributed by atoms with E-state index in [9.17, 15) is 22.5 Å². The highest BCUT2D eigenvalue weighted by molar-refractivity contribution is 7.84. The van der Waals surface area contributed by atoms with Crippen molar-refractivity contribution in [2.75, 3.05) is 18.6 Å². The third kappa shape index (κ3) is 6.58. The molecule has 2 N–H and O–H groups in total. The van der Waals surface area contributed by atoms with Crippen LogP contribution in [0.1, 0.15) is 30.6 Å². The van der Waals surface area contributed by atoms with E-state index in [0.29, 0.717) is 12.2 Å². The van der Waals surface area contributed by atoms with Gasteiger partial charge in [0.05, 0.1) is 11.7 Å². The SMILES string of the molecule is CC(CCS(C)=O)NCC(O)c1cccc(C(F)(F)F)c1. The molecule has 0 saturated heterocycles. The zero-order valence-electron chi connectivity index (χ0n) is 12.0. The van der Waals surface area contributed by atoms with Crippen LogP contribution in [0.3, 0.4) is 0 Å². The Bertz CT molecular complexity index is 480. The van der Waals surface area contributed by atoms with Crippen LogP contribution in [0.5, 0.6) is 0 Å². The van der Waals surface area contributed by atoms with E-state index in [4.69, 9.17) is 0 Å². The molecule has 3 unspecified atom stereocenters. The summed E-state index contributed by atoms with van der Waals surface area (Å²) in [5, 5.41) is 13.0. The van der Waals surface area contributed by atoms with Gasteiger partial charge in [-0.1, -0.05) is 12.1 Å². The fraction of sp³-hybridized carbons (Fsp3) is 0.571. The van der Waals surface area contributed by atoms with Crippen molar-refractivity contribution >= 4 is 10.8 Å². The maximum atomic E-state index is 12.6. The molecular formula is C14H20F3NO2S. The first-order chi connectivity index (χ1) is 9.70. The Morgan fingerprint density at radius 2 is 2.05 bits per heavy atom. The van der Waals surface area contributed by atoms with E-state index in [1.54, 1.807) is 6.26 Å². The van der Waals surface area contributed by atoms with Crippen LogP contribution in [0.15, 0.2) is 24.3 Å². The summed E-state index contributed by atoms with van der Waals surface area (Å²) >= 11 is 0. The minimum atomic E-state index is -4.42. The molecule has 0 amide bonds. The van der Waals surface area contributed by atoms with Gasteiger partial charge in [-0.15, -0.1) is 0 Å². The van der Waals surface area contributed by atoms with Gasteiger partial charge in [-0.05, 0) is 31.0 Å². The summed E-state index contributed by atoms with van der Waals surface area (Å²) in [7, 11) is -0.877. The number of aliphatic hydroxyl groups is 1. The lowest BCUT2D eigenvalue weighted by Crippen LogP contribution is -2.31. The van der Waals surface area contributed by atoms with Crippen LogP contribution in [-0.2, 0) is 17.0 Å². The molecule has 0 aliphatic rings. The molecule has 0 fully saturated rings. The number of rotatable bonds is 7. The Morgan fingerprint density at radius 3 is 2.62 bits per heavy atom. The highest BCUT2D eigenvalue weighted by Crippen LogP contribution is 2.30. The zero-order chi connectivity index (χ0) is 16.0. The molecule has 0 aromatic heterocycles. The van der Waals surface area contributed by atoms with Crippen molar-refractivity contribution in [2.24, 2.45) is 0 Å². The second-order valence-corrected chi connectivity index (χ2v) is 6.57. The highest BCUT2D eigenvalue weighted by Gasteiger charge is 2.30. The first kappa shape index (κ1) is 18.1. The molecule has 0 aliphatic heterocycles. The second-order valence-electron chi connectivity index (χ2n) is 5.01. The van der Waals surface area contributed by atoms with Crippen LogP contribution >= 0.6 is 0 Å². The molecule has 3 atom stereocenters. The van der Waals surface area contributed by atoms with Crippen molar-refractivity contribution in [3.63, 3.8) is 0 Å². The van der Waals surface area contributed by atoms with E-state index in [-0.39, 0.29) is 18.2 Å². The smallest absolute Gasteiger partial charge is 0.387 e. The van der Waals surface area contributed by atoms with Crippen LogP contribution in [-0.4, -0.2) is 33.9 Å². The predicted molar refractivity (Wildman–Crippen MR) is 77.4 cm³/mol. The average Bonchev–Trinajstić information content (AvgIpc) is 2.41. The molecule has 0 aliphatic carbocycles. The van der Waals surface area contributed by atoms with Gasteiger partial charge in [0, 0.05) is 35.4 Å². The standard InChI is InChI=1S/C14H20F3NO2S/c1-10(6-7-21(2)20)18-9-13(19)11-4-3-5-12(8-11)14(15,16)17/h3-5,8,10,13,18-19H,6-7,9H2,1-2H3. The summed E-state index contributed by atoms with van der Waals surface area (Å²) < 4.78 is 48.8. The average molecular weight is 323 g/mol. The summed E-state index contributed by atoms with van der Waals surface area (Å²) in [5.41, 5.74) is -0.544. The molecule has 0 spiro atoms. The van der Waals surface area contributed by atoms with Gasteiger partial charge in [-0.2, -0.15) is 13.2 Å². The number of hydrogen-bond acceptors (Lipinski definition) is 3. The molecule has 0 bridgehead atoms. The van der Waals surface area contributed by atoms with Gasteiger partial charge in [-0.3, -0.25) is 4.21 Å². The molecule has 0 saturated carbocycles. The number of alkyl halides is 3. The van der Waals surface area contributed by atoms with Crippen LogP contribution < -0.4 is 5.32 Å². The molecule has 0 heterocycles. The quantitative estimate of drug-likeness (QED) is 0.810. The monoisotopic (exact) mass is 323 g/mol. The summed E-state index contributed by atoms with van der Waals surface area (Å²) in [6.07, 6.45) is -3.13. The van der Waals surface area contributed by atoms with Crippen molar-refractivity contribution in [3.8, 4) is 0 Å². The molecule has 1 aromatic rings. The third-order valence-electron chi connectivity index (χ3n) is 3.10. The highest BCUT2D eigenvalue weighted by atomic mass is 32.2. The Morgan fingerprint density at radius 1 is 1.38 bits per heavy atom. The Kier molecular flexibility index (Phi) is 6.83. The largest absolute Gasteiger partial charge is 0.416 e. The lowest BCUT2D eigenvalue weighted by atomic mass is 10.1. The van der Waals surface area contributed by atoms with Crippen molar-refractivity contribution in [1.82, 2.24) is 5.32 Å². The Hall–Kier alpha value is -0.920. The van der Waals surface area contributed by atoms with Gasteiger partial charge in [0.25, 0.3) is 0 Å². The van der Waals surface area contributed by atoms with Gasteiger partial charge in [0.1, 0.15) is 0 Å². The van der Waals surface area contributed by atoms with Crippen molar-refractivity contribution in [3.05, 3.63) is 35.4 Å². The van der Waals surface area contributed by atoms with Gasteiger partial charge in [0.15, 0.2) is 0 Å². The van der Waals surface area contributed by atoms with Gasteiger partial charge < -0.3 is 10.4 Å². The van der Waals surface area contributed by atoms with Crippen LogP contribution in [0.4, 0.5) is 13.2 Å². The van der Waals surface area contributed by atoms with Crippen molar-refractivity contribution in [1.29, 1.82) is 0 Å². The minimum absolute atomic E-state index is 0.0364. The number of halogens is 3. The predicted octanol–water partition coefficient (Wildman–Crippen LogP) is 2.49. The number of hydrogen-bond donors (Lipinski definition) is 2. The molecular weight excluding hydrogens is 303 g/mol. The molecule has 0 radical (unpaired) electrons. The molecule has 21 heavy (non-hydrogen) atoms. The summed E-state index contributed by atoms with van der Waals surface area (Å²) in [5.74, 6) is 0.549. The molecule has 1 rings (SSSR count). The van der Waals surface area contributed by atoms with Crippen molar-refractivity contribution in [2.45, 2.75) is 31.7 Å². The van der Waals surface area contributed by atoms with Gasteiger partial charge in [0.2, 0.25) is 0 Å². The molecule has 120 valence electrons. The number of aliphatic hydroxyl groups excluding tert-OH is 1. The van der Waals surface area contributed by atoms with Crippen LogP contribution in [0.25, 0.3) is 0 Å². The van der Waals surface area contributed by atoms with E-state index < -0.39 is 28.6 Å². The van der Waals surface area contributed by atoms with E-state index in [0.717, 1.165) is 12.1 Å². The zero-order valence-corrected chi connectivity index (χ0v) is 12.8. The van der Waals surface area contributed by atoms with Crippen LogP contribution in [0.2, 0.25) is 0 Å². The topological polar surface area (TPSA) is 49.3 Å². The Labute approximate surface area is 125 Å². The maximum Gasteiger partial charge on any atom is 0.416 e. The second kappa shape index (κ2) is 7.91. The maximum absolute atomic E-state index is 12.6. The van der Waals surface area contributed by atoms with E-state index in [2.05, 4.69) is 5.32 Å². The summed E-state index contributed by atoms with van der Waals surface area (Å²) in [4.78, 5) is 0. The number of nitrogens with one attached hydrogen (secondary N) is 1. The van der Waals surface area contributed by atoms with Gasteiger partial charge >= 0.3 is 6.18 Å². The third-order valence-corrected chi connectivity index (χ3v) is 3.91. The molecule has 3 nitrogen and oxygen atoms in total. The fourth-order valence-electron chi connectivity index (χ4n) is 1.80. The normalized spacial score (nSPS) is 16.5. The summed E-state index contributed by atoms with van der Waals surface area (Å²) in [6.45, 7) is 2.03. The molecule has 7 heteroatoms. The fourth-order valence-corrected chi connectivity index (χ4v) is 2.48. The Balaban J connectivity index is 2.56. The van der Waals surface area contributed by atoms with E-state index >= 15 is 0 Å². The van der Waals surface area contributed by atoms with Gasteiger partial charge in [-0.25, -0.2) is 0 Å². The van der Waals surface area contributed by atoms with E-state index in [1.807, 2.05) is 6.92 Å². The van der Waals surface area contributed by atoms with Crippen molar-refractivity contribution < 1.29 is 22.5 Å². The first-order valence-electron chi connectivity index (χ1n) is 6.58. The summed E-state index contributed by atoms with van der Waals surface area (Å²) in [6, 6.07) is 4.72. The molecule has 1 aromatic carbocycles. The van der Waals surface area contributed by atoms with E-state index in [1.165, 1.54) is 12.1 Å². The lowest BCUT2D eigenvalue weighted by Gasteiger charge is -2.18. The lowest BCUT2D eigenvalue weighted by molar-refractivity contribution is -0.137. The minimum Gasteiger partial charge on any atom is -0.387 e. The first-order valence-corrected chi connectivity index (χ1v) is 8.31. The number of benzene rings is 1. The van der Waals surface area contributed by atoms with Crippen LogP contribution in [0, 0.1) is 0 Å².